The van der Waals surface area contributed by atoms with Gasteiger partial charge < -0.3 is 14.8 Å². The molecule has 3 nitrogen and oxygen atoms in total. The Hall–Kier alpha value is -0.120. The van der Waals surface area contributed by atoms with Gasteiger partial charge in [0, 0.05) is 26.4 Å². The summed E-state index contributed by atoms with van der Waals surface area (Å²) in [7, 11) is 3.77. The van der Waals surface area contributed by atoms with Gasteiger partial charge in [-0.05, 0) is 32.2 Å². The van der Waals surface area contributed by atoms with E-state index >= 15 is 0 Å². The van der Waals surface area contributed by atoms with Gasteiger partial charge >= 0.3 is 0 Å². The zero-order valence-corrected chi connectivity index (χ0v) is 11.7. The van der Waals surface area contributed by atoms with Crippen LogP contribution in [0, 0.1) is 11.8 Å². The smallest absolute Gasteiger partial charge is 0.0753 e. The molecule has 3 unspecified atom stereocenters. The Morgan fingerprint density at radius 2 is 1.81 bits per heavy atom. The highest BCUT2D eigenvalue weighted by molar-refractivity contribution is 4.83. The molecule has 0 aromatic heterocycles. The Labute approximate surface area is 101 Å². The van der Waals surface area contributed by atoms with Crippen LogP contribution in [-0.4, -0.2) is 39.5 Å². The number of likely N-dealkylation sites (N-methyl/N-ethyl adjacent to an activating group) is 1. The largest absolute Gasteiger partial charge is 0.385 e. The quantitative estimate of drug-likeness (QED) is 0.660. The lowest BCUT2D eigenvalue weighted by atomic mass is 9.88. The minimum atomic E-state index is 0.279. The summed E-state index contributed by atoms with van der Waals surface area (Å²) in [6.07, 6.45) is 1.35. The Balaban J connectivity index is 4.39. The fraction of sp³-hybridized carbons (Fsp3) is 1.00. The van der Waals surface area contributed by atoms with Gasteiger partial charge in [0.2, 0.25) is 0 Å². The highest BCUT2D eigenvalue weighted by atomic mass is 16.5. The fourth-order valence-electron chi connectivity index (χ4n) is 2.16. The number of hydrogen-bond donors (Lipinski definition) is 1. The highest BCUT2D eigenvalue weighted by Gasteiger charge is 2.28. The van der Waals surface area contributed by atoms with Crippen molar-refractivity contribution >= 4 is 0 Å². The third-order valence-electron chi connectivity index (χ3n) is 3.09. The molecule has 0 radical (unpaired) electrons. The molecular weight excluding hydrogens is 202 g/mol. The van der Waals surface area contributed by atoms with Crippen molar-refractivity contribution < 1.29 is 9.47 Å². The molecule has 0 bridgehead atoms. The van der Waals surface area contributed by atoms with E-state index in [-0.39, 0.29) is 6.10 Å². The summed E-state index contributed by atoms with van der Waals surface area (Å²) in [5, 5.41) is 3.40. The van der Waals surface area contributed by atoms with Gasteiger partial charge in [0.1, 0.15) is 0 Å². The van der Waals surface area contributed by atoms with Gasteiger partial charge in [0.15, 0.2) is 0 Å². The maximum Gasteiger partial charge on any atom is 0.0753 e. The van der Waals surface area contributed by atoms with Crippen LogP contribution in [-0.2, 0) is 9.47 Å². The van der Waals surface area contributed by atoms with Crippen LogP contribution in [0.15, 0.2) is 0 Å². The lowest BCUT2D eigenvalue weighted by Crippen LogP contribution is -2.47. The van der Waals surface area contributed by atoms with E-state index in [4.69, 9.17) is 9.47 Å². The Morgan fingerprint density at radius 3 is 2.19 bits per heavy atom. The first kappa shape index (κ1) is 15.9. The van der Waals surface area contributed by atoms with Crippen LogP contribution in [0.1, 0.15) is 34.1 Å². The first-order valence-electron chi connectivity index (χ1n) is 6.36. The van der Waals surface area contributed by atoms with Crippen molar-refractivity contribution in [2.45, 2.75) is 46.3 Å². The van der Waals surface area contributed by atoms with Gasteiger partial charge in [-0.3, -0.25) is 0 Å². The van der Waals surface area contributed by atoms with E-state index in [1.54, 1.807) is 7.11 Å². The van der Waals surface area contributed by atoms with Crippen LogP contribution in [0.4, 0.5) is 0 Å². The average Bonchev–Trinajstić information content (AvgIpc) is 2.25. The Bertz CT molecular complexity index is 162. The normalized spacial score (nSPS) is 17.4. The Morgan fingerprint density at radius 1 is 1.19 bits per heavy atom. The van der Waals surface area contributed by atoms with Gasteiger partial charge in [0.05, 0.1) is 6.10 Å². The van der Waals surface area contributed by atoms with Gasteiger partial charge in [-0.1, -0.05) is 20.8 Å². The number of methoxy groups -OCH3 is 1. The van der Waals surface area contributed by atoms with Gasteiger partial charge in [-0.25, -0.2) is 0 Å². The summed E-state index contributed by atoms with van der Waals surface area (Å²) in [5.41, 5.74) is 0. The molecule has 0 rings (SSSR count). The van der Waals surface area contributed by atoms with Gasteiger partial charge in [-0.2, -0.15) is 0 Å². The second kappa shape index (κ2) is 8.97. The van der Waals surface area contributed by atoms with Crippen LogP contribution in [0.5, 0.6) is 0 Å². The molecule has 0 spiro atoms. The maximum atomic E-state index is 5.85. The minimum absolute atomic E-state index is 0.279. The molecule has 0 aliphatic carbocycles. The van der Waals surface area contributed by atoms with Crippen molar-refractivity contribution in [2.24, 2.45) is 11.8 Å². The molecule has 0 saturated heterocycles. The Kier molecular flexibility index (Phi) is 8.90. The van der Waals surface area contributed by atoms with Crippen molar-refractivity contribution in [3.8, 4) is 0 Å². The van der Waals surface area contributed by atoms with Gasteiger partial charge in [0.25, 0.3) is 0 Å². The standard InChI is InChI=1S/C13H29NO2/c1-7-16-13(10(2)3)12(14-5)11(4)8-9-15-6/h10-14H,7-9H2,1-6H3. The first-order chi connectivity index (χ1) is 7.58. The lowest BCUT2D eigenvalue weighted by molar-refractivity contribution is -0.0112. The topological polar surface area (TPSA) is 30.5 Å². The van der Waals surface area contributed by atoms with E-state index < -0.39 is 0 Å². The summed E-state index contributed by atoms with van der Waals surface area (Å²) in [5.74, 6) is 1.09. The summed E-state index contributed by atoms with van der Waals surface area (Å²) in [6, 6.07) is 0.398. The van der Waals surface area contributed by atoms with Crippen LogP contribution in [0.25, 0.3) is 0 Å². The number of hydrogen-bond acceptors (Lipinski definition) is 3. The zero-order chi connectivity index (χ0) is 12.6. The average molecular weight is 231 g/mol. The molecule has 3 heteroatoms. The second-order valence-corrected chi connectivity index (χ2v) is 4.74. The monoisotopic (exact) mass is 231 g/mol. The molecule has 98 valence electrons. The molecule has 0 aromatic carbocycles. The van der Waals surface area contributed by atoms with E-state index in [1.165, 1.54) is 0 Å². The predicted octanol–water partition coefficient (Wildman–Crippen LogP) is 2.31. The summed E-state index contributed by atoms with van der Waals surface area (Å²) >= 11 is 0. The summed E-state index contributed by atoms with van der Waals surface area (Å²) in [6.45, 7) is 10.3. The molecule has 0 amide bonds. The lowest BCUT2D eigenvalue weighted by Gasteiger charge is -2.34. The zero-order valence-electron chi connectivity index (χ0n) is 11.7. The van der Waals surface area contributed by atoms with Crippen LogP contribution < -0.4 is 5.32 Å². The van der Waals surface area contributed by atoms with E-state index in [2.05, 4.69) is 33.0 Å². The molecule has 1 N–H and O–H groups in total. The van der Waals surface area contributed by atoms with Crippen molar-refractivity contribution in [3.63, 3.8) is 0 Å². The molecule has 0 aromatic rings. The summed E-state index contributed by atoms with van der Waals surface area (Å²) in [4.78, 5) is 0. The molecule has 0 fully saturated rings. The molecular formula is C13H29NO2. The van der Waals surface area contributed by atoms with E-state index in [1.807, 2.05) is 7.05 Å². The second-order valence-electron chi connectivity index (χ2n) is 4.74. The van der Waals surface area contributed by atoms with Crippen molar-refractivity contribution in [2.75, 3.05) is 27.4 Å². The van der Waals surface area contributed by atoms with Crippen molar-refractivity contribution in [1.29, 1.82) is 0 Å². The predicted molar refractivity (Wildman–Crippen MR) is 68.8 cm³/mol. The van der Waals surface area contributed by atoms with E-state index in [0.717, 1.165) is 19.6 Å². The molecule has 16 heavy (non-hydrogen) atoms. The fourth-order valence-corrected chi connectivity index (χ4v) is 2.16. The summed E-state index contributed by atoms with van der Waals surface area (Å²) < 4.78 is 11.0. The highest BCUT2D eigenvalue weighted by Crippen LogP contribution is 2.19. The van der Waals surface area contributed by atoms with Crippen LogP contribution >= 0.6 is 0 Å². The number of nitrogens with one attached hydrogen (secondary N) is 1. The third-order valence-corrected chi connectivity index (χ3v) is 3.09. The van der Waals surface area contributed by atoms with E-state index in [9.17, 15) is 0 Å². The molecule has 0 saturated carbocycles. The van der Waals surface area contributed by atoms with Crippen LogP contribution in [0.3, 0.4) is 0 Å². The minimum Gasteiger partial charge on any atom is -0.385 e. The van der Waals surface area contributed by atoms with Crippen LogP contribution in [0.2, 0.25) is 0 Å². The molecule has 3 atom stereocenters. The number of ether oxygens (including phenoxy) is 2. The SMILES string of the molecule is CCOC(C(C)C)C(NC)C(C)CCOC. The number of rotatable bonds is 9. The maximum absolute atomic E-state index is 5.85. The molecule has 0 aliphatic heterocycles. The van der Waals surface area contributed by atoms with Crippen molar-refractivity contribution in [3.05, 3.63) is 0 Å². The van der Waals surface area contributed by atoms with Crippen molar-refractivity contribution in [1.82, 2.24) is 5.32 Å². The van der Waals surface area contributed by atoms with Gasteiger partial charge in [-0.15, -0.1) is 0 Å². The molecule has 0 aliphatic rings. The molecule has 0 heterocycles. The van der Waals surface area contributed by atoms with E-state index in [0.29, 0.717) is 17.9 Å². The first-order valence-corrected chi connectivity index (χ1v) is 6.36. The third kappa shape index (κ3) is 5.28.